The van der Waals surface area contributed by atoms with Crippen LogP contribution in [0.2, 0.25) is 0 Å². The van der Waals surface area contributed by atoms with Gasteiger partial charge in [0, 0.05) is 18.4 Å². The van der Waals surface area contributed by atoms with Crippen molar-refractivity contribution in [1.82, 2.24) is 9.55 Å². The Morgan fingerprint density at radius 2 is 2.60 bits per heavy atom. The van der Waals surface area contributed by atoms with Gasteiger partial charge in [0.25, 0.3) is 0 Å². The van der Waals surface area contributed by atoms with E-state index in [0.717, 1.165) is 12.5 Å². The summed E-state index contributed by atoms with van der Waals surface area (Å²) in [7, 11) is 0. The Hall–Kier alpha value is -0.790. The summed E-state index contributed by atoms with van der Waals surface area (Å²) in [5.74, 6) is 0.851. The van der Waals surface area contributed by atoms with Gasteiger partial charge in [-0.3, -0.25) is 0 Å². The fourth-order valence-electron chi connectivity index (χ4n) is 1.54. The lowest BCUT2D eigenvalue weighted by Gasteiger charge is -2.19. The van der Waals surface area contributed by atoms with Gasteiger partial charge in [-0.1, -0.05) is 6.92 Å². The molecule has 0 bridgehead atoms. The number of aromatic nitrogens is 2. The first-order chi connectivity index (χ1) is 4.86. The first-order valence-corrected chi connectivity index (χ1v) is 3.85. The third kappa shape index (κ3) is 0.838. The molecule has 0 N–H and O–H groups in total. The quantitative estimate of drug-likeness (QED) is 0.528. The highest BCUT2D eigenvalue weighted by atomic mass is 15.0. The van der Waals surface area contributed by atoms with Gasteiger partial charge in [0.2, 0.25) is 0 Å². The summed E-state index contributed by atoms with van der Waals surface area (Å²) in [5.41, 5.74) is 1.40. The van der Waals surface area contributed by atoms with Gasteiger partial charge in [-0.25, -0.2) is 4.98 Å². The van der Waals surface area contributed by atoms with Crippen LogP contribution in [0.4, 0.5) is 0 Å². The Balaban J connectivity index is 2.30. The second-order valence-corrected chi connectivity index (χ2v) is 3.18. The van der Waals surface area contributed by atoms with Crippen LogP contribution in [0.25, 0.3) is 0 Å². The van der Waals surface area contributed by atoms with E-state index in [0.29, 0.717) is 0 Å². The minimum absolute atomic E-state index is 0.851. The van der Waals surface area contributed by atoms with E-state index in [1.807, 2.05) is 12.5 Å². The highest BCUT2D eigenvalue weighted by Crippen LogP contribution is 2.18. The van der Waals surface area contributed by atoms with E-state index in [-0.39, 0.29) is 0 Å². The monoisotopic (exact) mass is 136 g/mol. The highest BCUT2D eigenvalue weighted by molar-refractivity contribution is 5.01. The van der Waals surface area contributed by atoms with Gasteiger partial charge in [0.1, 0.15) is 0 Å². The molecule has 1 aliphatic heterocycles. The van der Waals surface area contributed by atoms with E-state index >= 15 is 0 Å². The van der Waals surface area contributed by atoms with Crippen LogP contribution in [0.15, 0.2) is 12.5 Å². The molecule has 1 aliphatic rings. The molecule has 2 rings (SSSR count). The van der Waals surface area contributed by atoms with Crippen molar-refractivity contribution in [2.24, 2.45) is 5.92 Å². The lowest BCUT2D eigenvalue weighted by molar-refractivity contribution is 0.417. The molecule has 0 aromatic carbocycles. The highest BCUT2D eigenvalue weighted by Gasteiger charge is 2.13. The second kappa shape index (κ2) is 2.11. The lowest BCUT2D eigenvalue weighted by atomic mass is 9.99. The molecule has 0 amide bonds. The van der Waals surface area contributed by atoms with E-state index in [1.54, 1.807) is 0 Å². The van der Waals surface area contributed by atoms with Crippen molar-refractivity contribution in [3.8, 4) is 0 Å². The minimum atomic E-state index is 0.851. The van der Waals surface area contributed by atoms with Crippen LogP contribution >= 0.6 is 0 Å². The largest absolute Gasteiger partial charge is 0.335 e. The molecule has 0 saturated carbocycles. The molecule has 2 heterocycles. The molecule has 0 saturated heterocycles. The van der Waals surface area contributed by atoms with Gasteiger partial charge < -0.3 is 4.57 Å². The van der Waals surface area contributed by atoms with E-state index < -0.39 is 0 Å². The lowest BCUT2D eigenvalue weighted by Crippen LogP contribution is -2.15. The normalized spacial score (nSPS) is 24.3. The van der Waals surface area contributed by atoms with Crippen LogP contribution in [0.5, 0.6) is 0 Å². The second-order valence-electron chi connectivity index (χ2n) is 3.18. The molecule has 0 aliphatic carbocycles. The first-order valence-electron chi connectivity index (χ1n) is 3.85. The van der Waals surface area contributed by atoms with E-state index in [2.05, 4.69) is 16.5 Å². The molecular weight excluding hydrogens is 124 g/mol. The molecule has 1 atom stereocenters. The Labute approximate surface area is 60.9 Å². The minimum Gasteiger partial charge on any atom is -0.335 e. The number of rotatable bonds is 0. The zero-order chi connectivity index (χ0) is 6.97. The topological polar surface area (TPSA) is 17.8 Å². The SMILES string of the molecule is C[C@@H]1CCn2cncc2C1. The fraction of sp³-hybridized carbons (Fsp3) is 0.625. The molecule has 0 spiro atoms. The maximum Gasteiger partial charge on any atom is 0.0948 e. The predicted molar refractivity (Wildman–Crippen MR) is 39.7 cm³/mol. The molecule has 2 nitrogen and oxygen atoms in total. The Morgan fingerprint density at radius 3 is 3.50 bits per heavy atom. The number of hydrogen-bond acceptors (Lipinski definition) is 1. The summed E-state index contributed by atoms with van der Waals surface area (Å²) in [6, 6.07) is 0. The summed E-state index contributed by atoms with van der Waals surface area (Å²) in [6.45, 7) is 3.47. The number of imidazole rings is 1. The van der Waals surface area contributed by atoms with Crippen molar-refractivity contribution < 1.29 is 0 Å². The molecule has 0 fully saturated rings. The third-order valence-corrected chi connectivity index (χ3v) is 2.22. The van der Waals surface area contributed by atoms with E-state index in [1.165, 1.54) is 18.5 Å². The van der Waals surface area contributed by atoms with Crippen molar-refractivity contribution in [1.29, 1.82) is 0 Å². The summed E-state index contributed by atoms with van der Waals surface area (Å²) >= 11 is 0. The van der Waals surface area contributed by atoms with Gasteiger partial charge in [-0.15, -0.1) is 0 Å². The number of nitrogens with zero attached hydrogens (tertiary/aromatic N) is 2. The standard InChI is InChI=1S/C8H12N2/c1-7-2-3-10-6-9-5-8(10)4-7/h5-7H,2-4H2,1H3/t7-/m1/s1. The Bertz CT molecular complexity index is 227. The van der Waals surface area contributed by atoms with Gasteiger partial charge in [0.15, 0.2) is 0 Å². The van der Waals surface area contributed by atoms with Crippen LogP contribution < -0.4 is 0 Å². The zero-order valence-electron chi connectivity index (χ0n) is 6.25. The van der Waals surface area contributed by atoms with Crippen LogP contribution in [0.1, 0.15) is 19.0 Å². The number of fused-ring (bicyclic) bond motifs is 1. The average Bonchev–Trinajstić information content (AvgIpc) is 2.33. The average molecular weight is 136 g/mol. The molecule has 2 heteroatoms. The maximum absolute atomic E-state index is 4.10. The van der Waals surface area contributed by atoms with Crippen molar-refractivity contribution in [2.45, 2.75) is 26.3 Å². The van der Waals surface area contributed by atoms with Gasteiger partial charge in [-0.2, -0.15) is 0 Å². The van der Waals surface area contributed by atoms with E-state index in [9.17, 15) is 0 Å². The fourth-order valence-corrected chi connectivity index (χ4v) is 1.54. The van der Waals surface area contributed by atoms with Crippen molar-refractivity contribution in [2.75, 3.05) is 0 Å². The summed E-state index contributed by atoms with van der Waals surface area (Å²) in [4.78, 5) is 4.10. The molecule has 54 valence electrons. The Kier molecular flexibility index (Phi) is 1.26. The van der Waals surface area contributed by atoms with E-state index in [4.69, 9.17) is 0 Å². The third-order valence-electron chi connectivity index (χ3n) is 2.22. The number of aryl methyl sites for hydroxylation is 1. The number of hydrogen-bond donors (Lipinski definition) is 0. The van der Waals surface area contributed by atoms with Crippen molar-refractivity contribution in [3.63, 3.8) is 0 Å². The smallest absolute Gasteiger partial charge is 0.0948 e. The summed E-state index contributed by atoms with van der Waals surface area (Å²) < 4.78 is 2.25. The van der Waals surface area contributed by atoms with Gasteiger partial charge >= 0.3 is 0 Å². The maximum atomic E-state index is 4.10. The first kappa shape index (κ1) is 5.96. The van der Waals surface area contributed by atoms with Gasteiger partial charge in [0.05, 0.1) is 6.33 Å². The molecule has 0 radical (unpaired) electrons. The van der Waals surface area contributed by atoms with Gasteiger partial charge in [-0.05, 0) is 18.8 Å². The Morgan fingerprint density at radius 1 is 1.70 bits per heavy atom. The van der Waals surface area contributed by atoms with Crippen LogP contribution in [-0.4, -0.2) is 9.55 Å². The van der Waals surface area contributed by atoms with Crippen molar-refractivity contribution in [3.05, 3.63) is 18.2 Å². The van der Waals surface area contributed by atoms with Crippen LogP contribution in [-0.2, 0) is 13.0 Å². The molecular formula is C8H12N2. The van der Waals surface area contributed by atoms with Crippen LogP contribution in [0, 0.1) is 5.92 Å². The predicted octanol–water partition coefficient (Wildman–Crippen LogP) is 1.47. The van der Waals surface area contributed by atoms with Crippen molar-refractivity contribution >= 4 is 0 Å². The molecule has 0 unspecified atom stereocenters. The van der Waals surface area contributed by atoms with Crippen LogP contribution in [0.3, 0.4) is 0 Å². The molecule has 1 aromatic rings. The molecule has 1 aromatic heterocycles. The molecule has 10 heavy (non-hydrogen) atoms. The zero-order valence-corrected chi connectivity index (χ0v) is 6.25. The summed E-state index contributed by atoms with van der Waals surface area (Å²) in [6.07, 6.45) is 6.43. The summed E-state index contributed by atoms with van der Waals surface area (Å²) in [5, 5.41) is 0.